The van der Waals surface area contributed by atoms with E-state index in [1.165, 1.54) is 29.1 Å². The lowest BCUT2D eigenvalue weighted by atomic mass is 10.1. The van der Waals surface area contributed by atoms with E-state index >= 15 is 0 Å². The SMILES string of the molecule is Cc1ccccc1CSc1ncc(Cl)c(C(=O)Nc2cccc(I)c2)n1. The van der Waals surface area contributed by atoms with Crippen molar-refractivity contribution in [3.63, 3.8) is 0 Å². The molecule has 0 atom stereocenters. The predicted octanol–water partition coefficient (Wildman–Crippen LogP) is 5.59. The molecule has 26 heavy (non-hydrogen) atoms. The molecule has 0 saturated heterocycles. The lowest BCUT2D eigenvalue weighted by Crippen LogP contribution is -2.15. The summed E-state index contributed by atoms with van der Waals surface area (Å²) in [7, 11) is 0. The van der Waals surface area contributed by atoms with Gasteiger partial charge >= 0.3 is 0 Å². The van der Waals surface area contributed by atoms with Gasteiger partial charge in [-0.05, 0) is 58.8 Å². The fourth-order valence-corrected chi connectivity index (χ4v) is 3.86. The Labute approximate surface area is 174 Å². The summed E-state index contributed by atoms with van der Waals surface area (Å²) in [4.78, 5) is 21.1. The van der Waals surface area contributed by atoms with Crippen molar-refractivity contribution in [2.75, 3.05) is 5.32 Å². The molecule has 7 heteroatoms. The summed E-state index contributed by atoms with van der Waals surface area (Å²) in [6, 6.07) is 15.7. The number of aryl methyl sites for hydroxylation is 1. The van der Waals surface area contributed by atoms with E-state index < -0.39 is 0 Å². The van der Waals surface area contributed by atoms with Crippen LogP contribution in [-0.4, -0.2) is 15.9 Å². The Morgan fingerprint density at radius 3 is 2.81 bits per heavy atom. The summed E-state index contributed by atoms with van der Waals surface area (Å²) in [5, 5.41) is 3.57. The van der Waals surface area contributed by atoms with Crippen LogP contribution in [0.15, 0.2) is 59.9 Å². The normalized spacial score (nSPS) is 10.6. The molecule has 2 aromatic carbocycles. The van der Waals surface area contributed by atoms with Crippen molar-refractivity contribution in [1.29, 1.82) is 0 Å². The molecule has 0 saturated carbocycles. The quantitative estimate of drug-likeness (QED) is 0.285. The number of thioether (sulfide) groups is 1. The number of hydrogen-bond acceptors (Lipinski definition) is 4. The third-order valence-corrected chi connectivity index (χ3v) is 5.50. The Kier molecular flexibility index (Phi) is 6.50. The van der Waals surface area contributed by atoms with Crippen LogP contribution in [0.3, 0.4) is 0 Å². The Balaban J connectivity index is 1.74. The van der Waals surface area contributed by atoms with Crippen LogP contribution < -0.4 is 5.32 Å². The minimum Gasteiger partial charge on any atom is -0.321 e. The van der Waals surface area contributed by atoms with Crippen LogP contribution in [0, 0.1) is 10.5 Å². The fraction of sp³-hybridized carbons (Fsp3) is 0.105. The zero-order valence-corrected chi connectivity index (χ0v) is 17.6. The average Bonchev–Trinajstić information content (AvgIpc) is 2.62. The Hall–Kier alpha value is -1.64. The number of hydrogen-bond donors (Lipinski definition) is 1. The molecular weight excluding hydrogens is 481 g/mol. The molecule has 1 heterocycles. The van der Waals surface area contributed by atoms with Crippen molar-refractivity contribution in [1.82, 2.24) is 9.97 Å². The summed E-state index contributed by atoms with van der Waals surface area (Å²) < 4.78 is 1.03. The number of nitrogens with one attached hydrogen (secondary N) is 1. The van der Waals surface area contributed by atoms with E-state index in [1.807, 2.05) is 36.4 Å². The summed E-state index contributed by atoms with van der Waals surface area (Å²) >= 11 is 9.80. The van der Waals surface area contributed by atoms with E-state index in [2.05, 4.69) is 56.9 Å². The highest BCUT2D eigenvalue weighted by atomic mass is 127. The lowest BCUT2D eigenvalue weighted by molar-refractivity contribution is 0.102. The second kappa shape index (κ2) is 8.83. The third-order valence-electron chi connectivity index (χ3n) is 3.64. The number of amides is 1. The first-order chi connectivity index (χ1) is 12.5. The monoisotopic (exact) mass is 495 g/mol. The van der Waals surface area contributed by atoms with Gasteiger partial charge in [-0.25, -0.2) is 9.97 Å². The maximum absolute atomic E-state index is 12.5. The van der Waals surface area contributed by atoms with E-state index in [9.17, 15) is 4.79 Å². The van der Waals surface area contributed by atoms with Gasteiger partial charge in [0, 0.05) is 15.0 Å². The van der Waals surface area contributed by atoms with Gasteiger partial charge in [0.25, 0.3) is 5.91 Å². The molecule has 1 N–H and O–H groups in total. The first-order valence-electron chi connectivity index (χ1n) is 7.79. The van der Waals surface area contributed by atoms with Gasteiger partial charge in [0.15, 0.2) is 10.9 Å². The van der Waals surface area contributed by atoms with E-state index in [1.54, 1.807) is 0 Å². The molecule has 0 aliphatic heterocycles. The molecule has 0 aliphatic carbocycles. The Bertz CT molecular complexity index is 952. The number of aromatic nitrogens is 2. The van der Waals surface area contributed by atoms with Crippen molar-refractivity contribution in [2.24, 2.45) is 0 Å². The molecule has 0 bridgehead atoms. The summed E-state index contributed by atoms with van der Waals surface area (Å²) in [5.74, 6) is 0.379. The van der Waals surface area contributed by atoms with Crippen LogP contribution in [0.2, 0.25) is 5.02 Å². The van der Waals surface area contributed by atoms with Crippen molar-refractivity contribution in [3.8, 4) is 0 Å². The third kappa shape index (κ3) is 4.96. The van der Waals surface area contributed by atoms with Crippen LogP contribution in [-0.2, 0) is 5.75 Å². The molecule has 0 unspecified atom stereocenters. The number of carbonyl (C=O) groups excluding carboxylic acids is 1. The molecule has 132 valence electrons. The van der Waals surface area contributed by atoms with Crippen LogP contribution in [0.5, 0.6) is 0 Å². The summed E-state index contributed by atoms with van der Waals surface area (Å²) in [6.45, 7) is 2.07. The molecule has 4 nitrogen and oxygen atoms in total. The number of halogens is 2. The smallest absolute Gasteiger partial charge is 0.275 e. The largest absolute Gasteiger partial charge is 0.321 e. The van der Waals surface area contributed by atoms with Crippen molar-refractivity contribution < 1.29 is 4.79 Å². The summed E-state index contributed by atoms with van der Waals surface area (Å²) in [5.41, 5.74) is 3.30. The molecule has 3 aromatic rings. The van der Waals surface area contributed by atoms with Gasteiger partial charge < -0.3 is 5.32 Å². The lowest BCUT2D eigenvalue weighted by Gasteiger charge is -2.08. The Morgan fingerprint density at radius 2 is 2.04 bits per heavy atom. The minimum atomic E-state index is -0.350. The maximum Gasteiger partial charge on any atom is 0.275 e. The van der Waals surface area contributed by atoms with Gasteiger partial charge in [-0.1, -0.05) is 53.7 Å². The van der Waals surface area contributed by atoms with Crippen molar-refractivity contribution in [3.05, 3.63) is 80.1 Å². The first kappa shape index (κ1) is 19.1. The minimum absolute atomic E-state index is 0.174. The molecule has 0 radical (unpaired) electrons. The fourth-order valence-electron chi connectivity index (χ4n) is 2.25. The number of benzene rings is 2. The van der Waals surface area contributed by atoms with Gasteiger partial charge in [0.1, 0.15) is 0 Å². The van der Waals surface area contributed by atoms with Gasteiger partial charge in [-0.2, -0.15) is 0 Å². The highest BCUT2D eigenvalue weighted by Gasteiger charge is 2.15. The van der Waals surface area contributed by atoms with Crippen LogP contribution in [0.25, 0.3) is 0 Å². The molecule has 0 fully saturated rings. The van der Waals surface area contributed by atoms with Gasteiger partial charge in [-0.15, -0.1) is 0 Å². The molecule has 0 spiro atoms. The molecular formula is C19H15ClIN3OS. The highest BCUT2D eigenvalue weighted by molar-refractivity contribution is 14.1. The molecule has 1 amide bonds. The van der Waals surface area contributed by atoms with Crippen molar-refractivity contribution in [2.45, 2.75) is 17.8 Å². The molecule has 3 rings (SSSR count). The van der Waals surface area contributed by atoms with Gasteiger partial charge in [0.05, 0.1) is 11.2 Å². The van der Waals surface area contributed by atoms with Gasteiger partial charge in [0.2, 0.25) is 0 Å². The predicted molar refractivity (Wildman–Crippen MR) is 115 cm³/mol. The Morgan fingerprint density at radius 1 is 1.23 bits per heavy atom. The topological polar surface area (TPSA) is 54.9 Å². The molecule has 1 aromatic heterocycles. The highest BCUT2D eigenvalue weighted by Crippen LogP contribution is 2.24. The maximum atomic E-state index is 12.5. The second-order valence-electron chi connectivity index (χ2n) is 5.53. The van der Waals surface area contributed by atoms with Gasteiger partial charge in [-0.3, -0.25) is 4.79 Å². The zero-order valence-electron chi connectivity index (χ0n) is 13.9. The first-order valence-corrected chi connectivity index (χ1v) is 10.2. The second-order valence-corrected chi connectivity index (χ2v) is 8.12. The van der Waals surface area contributed by atoms with E-state index in [0.29, 0.717) is 10.8 Å². The van der Waals surface area contributed by atoms with Crippen LogP contribution in [0.4, 0.5) is 5.69 Å². The number of carbonyl (C=O) groups is 1. The van der Waals surface area contributed by atoms with E-state index in [-0.39, 0.29) is 16.6 Å². The number of nitrogens with zero attached hydrogens (tertiary/aromatic N) is 2. The standard InChI is InChI=1S/C19H15ClIN3OS/c1-12-5-2-3-6-13(12)11-26-19-22-10-16(20)17(24-19)18(25)23-15-8-4-7-14(21)9-15/h2-10H,11H2,1H3,(H,23,25). The van der Waals surface area contributed by atoms with Crippen LogP contribution in [0.1, 0.15) is 21.6 Å². The van der Waals surface area contributed by atoms with E-state index in [0.717, 1.165) is 9.32 Å². The number of rotatable bonds is 5. The summed E-state index contributed by atoms with van der Waals surface area (Å²) in [6.07, 6.45) is 1.47. The van der Waals surface area contributed by atoms with Crippen molar-refractivity contribution >= 4 is 57.5 Å². The zero-order chi connectivity index (χ0) is 18.5. The average molecular weight is 496 g/mol. The number of anilines is 1. The van der Waals surface area contributed by atoms with E-state index in [4.69, 9.17) is 11.6 Å². The molecule has 0 aliphatic rings. The van der Waals surface area contributed by atoms with Crippen LogP contribution >= 0.6 is 46.0 Å².